The zero-order chi connectivity index (χ0) is 22.9. The second-order valence-electron chi connectivity index (χ2n) is 8.80. The average molecular weight is 460 g/mol. The number of para-hydroxylation sites is 2. The van der Waals surface area contributed by atoms with Crippen LogP contribution in [0.1, 0.15) is 40.2 Å². The summed E-state index contributed by atoms with van der Waals surface area (Å²) in [5.74, 6) is 0.480. The number of hydrogen-bond acceptors (Lipinski definition) is 4. The number of thioether (sulfide) groups is 1. The molecule has 0 saturated carbocycles. The minimum atomic E-state index is 0.134. The highest BCUT2D eigenvalue weighted by atomic mass is 32.2. The first-order valence-electron chi connectivity index (χ1n) is 11.5. The Hall–Kier alpha value is -2.83. The molecular weight excluding hydrogens is 430 g/mol. The van der Waals surface area contributed by atoms with Crippen LogP contribution in [0.15, 0.2) is 59.8 Å². The number of carbonyl (C=O) groups is 1. The molecule has 2 aromatic carbocycles. The van der Waals surface area contributed by atoms with Crippen LogP contribution in [0.3, 0.4) is 0 Å². The van der Waals surface area contributed by atoms with E-state index in [1.165, 1.54) is 17.3 Å². The predicted octanol–water partition coefficient (Wildman–Crippen LogP) is 5.91. The Morgan fingerprint density at radius 1 is 1.12 bits per heavy atom. The Labute approximate surface area is 198 Å². The van der Waals surface area contributed by atoms with Crippen molar-refractivity contribution in [2.45, 2.75) is 51.4 Å². The highest BCUT2D eigenvalue weighted by molar-refractivity contribution is 7.99. The van der Waals surface area contributed by atoms with Gasteiger partial charge >= 0.3 is 0 Å². The fourth-order valence-electron chi connectivity index (χ4n) is 4.68. The van der Waals surface area contributed by atoms with E-state index in [-0.39, 0.29) is 11.9 Å². The number of fused-ring (bicyclic) bond motifs is 1. The van der Waals surface area contributed by atoms with Crippen molar-refractivity contribution in [3.63, 3.8) is 0 Å². The first kappa shape index (κ1) is 22.0. The molecule has 0 aliphatic carbocycles. The van der Waals surface area contributed by atoms with Crippen molar-refractivity contribution in [2.75, 3.05) is 12.4 Å². The van der Waals surface area contributed by atoms with Gasteiger partial charge in [-0.2, -0.15) is 0 Å². The van der Waals surface area contributed by atoms with Crippen molar-refractivity contribution in [2.24, 2.45) is 0 Å². The van der Waals surface area contributed by atoms with E-state index >= 15 is 0 Å². The number of ketones is 1. The second-order valence-corrected chi connectivity index (χ2v) is 9.74. The van der Waals surface area contributed by atoms with Gasteiger partial charge in [-0.25, -0.2) is 4.98 Å². The molecule has 0 spiro atoms. The molecule has 33 heavy (non-hydrogen) atoms. The van der Waals surface area contributed by atoms with Crippen molar-refractivity contribution in [3.8, 4) is 5.69 Å². The Bertz CT molecular complexity index is 1310. The number of Topliss-reactive ketones (excluding diaryl/α,β-unsaturated/α-hetero) is 1. The highest BCUT2D eigenvalue weighted by Crippen LogP contribution is 2.29. The Balaban J connectivity index is 1.40. The van der Waals surface area contributed by atoms with Gasteiger partial charge in [0.1, 0.15) is 0 Å². The molecule has 5 nitrogen and oxygen atoms in total. The molecule has 6 heteroatoms. The summed E-state index contributed by atoms with van der Waals surface area (Å²) in [5.41, 5.74) is 7.18. The van der Waals surface area contributed by atoms with Gasteiger partial charge in [-0.05, 0) is 69.5 Å². The third kappa shape index (κ3) is 4.37. The van der Waals surface area contributed by atoms with Crippen LogP contribution in [-0.2, 0) is 11.3 Å². The predicted molar refractivity (Wildman–Crippen MR) is 134 cm³/mol. The lowest BCUT2D eigenvalue weighted by molar-refractivity contribution is 0.0957. The van der Waals surface area contributed by atoms with Gasteiger partial charge in [0.2, 0.25) is 0 Å². The summed E-state index contributed by atoms with van der Waals surface area (Å²) in [7, 11) is 0. The minimum absolute atomic E-state index is 0.134. The Morgan fingerprint density at radius 2 is 1.97 bits per heavy atom. The Morgan fingerprint density at radius 3 is 2.76 bits per heavy atom. The van der Waals surface area contributed by atoms with Gasteiger partial charge in [-0.1, -0.05) is 36.0 Å². The lowest BCUT2D eigenvalue weighted by Crippen LogP contribution is -2.17. The topological polar surface area (TPSA) is 49.0 Å². The van der Waals surface area contributed by atoms with Gasteiger partial charge in [-0.3, -0.25) is 9.36 Å². The Kier molecular flexibility index (Phi) is 6.13. The van der Waals surface area contributed by atoms with E-state index in [1.54, 1.807) is 0 Å². The quantitative estimate of drug-likeness (QED) is 0.255. The number of hydrogen-bond donors (Lipinski definition) is 0. The molecule has 5 rings (SSSR count). The van der Waals surface area contributed by atoms with Gasteiger partial charge in [0.05, 0.1) is 22.9 Å². The van der Waals surface area contributed by atoms with Gasteiger partial charge in [0.15, 0.2) is 10.9 Å². The van der Waals surface area contributed by atoms with Crippen molar-refractivity contribution in [1.29, 1.82) is 0 Å². The summed E-state index contributed by atoms with van der Waals surface area (Å²) in [6, 6.07) is 18.5. The molecule has 0 N–H and O–H groups in total. The molecular formula is C27H29N3O2S. The summed E-state index contributed by atoms with van der Waals surface area (Å²) in [4.78, 5) is 18.1. The van der Waals surface area contributed by atoms with Crippen LogP contribution in [0.2, 0.25) is 0 Å². The number of aryl methyl sites for hydroxylation is 2. The fourth-order valence-corrected chi connectivity index (χ4v) is 5.59. The lowest BCUT2D eigenvalue weighted by Gasteiger charge is -2.14. The van der Waals surface area contributed by atoms with Crippen molar-refractivity contribution in [1.82, 2.24) is 14.1 Å². The van der Waals surface area contributed by atoms with E-state index in [9.17, 15) is 4.79 Å². The maximum Gasteiger partial charge on any atom is 0.175 e. The third-order valence-corrected chi connectivity index (χ3v) is 7.35. The summed E-state index contributed by atoms with van der Waals surface area (Å²) in [5, 5.41) is 0.836. The van der Waals surface area contributed by atoms with E-state index in [0.29, 0.717) is 5.75 Å². The largest absolute Gasteiger partial charge is 0.376 e. The maximum atomic E-state index is 13.3. The molecule has 1 unspecified atom stereocenters. The molecule has 3 heterocycles. The molecule has 1 saturated heterocycles. The summed E-state index contributed by atoms with van der Waals surface area (Å²) < 4.78 is 10.2. The molecule has 1 fully saturated rings. The smallest absolute Gasteiger partial charge is 0.175 e. The molecule has 4 aromatic rings. The van der Waals surface area contributed by atoms with E-state index in [4.69, 9.17) is 9.72 Å². The van der Waals surface area contributed by atoms with Gasteiger partial charge in [0, 0.05) is 35.8 Å². The number of rotatable bonds is 7. The van der Waals surface area contributed by atoms with Crippen LogP contribution in [-0.4, -0.2) is 38.4 Å². The van der Waals surface area contributed by atoms with Gasteiger partial charge in [0.25, 0.3) is 0 Å². The molecule has 1 atom stereocenters. The van der Waals surface area contributed by atoms with Crippen LogP contribution in [0, 0.1) is 20.8 Å². The number of aromatic nitrogens is 3. The minimum Gasteiger partial charge on any atom is -0.376 e. The van der Waals surface area contributed by atoms with Crippen LogP contribution in [0.25, 0.3) is 16.7 Å². The number of carbonyl (C=O) groups excluding carboxylic acids is 1. The van der Waals surface area contributed by atoms with Gasteiger partial charge < -0.3 is 9.30 Å². The molecule has 1 aliphatic heterocycles. The molecule has 2 aromatic heterocycles. The van der Waals surface area contributed by atoms with Crippen LogP contribution in [0.5, 0.6) is 0 Å². The molecule has 1 aliphatic rings. The van der Waals surface area contributed by atoms with Gasteiger partial charge in [-0.15, -0.1) is 0 Å². The van der Waals surface area contributed by atoms with Crippen LogP contribution < -0.4 is 0 Å². The van der Waals surface area contributed by atoms with E-state index < -0.39 is 0 Å². The zero-order valence-corrected chi connectivity index (χ0v) is 20.2. The van der Waals surface area contributed by atoms with E-state index in [1.807, 2.05) is 31.2 Å². The van der Waals surface area contributed by atoms with Crippen LogP contribution in [0.4, 0.5) is 0 Å². The third-order valence-electron chi connectivity index (χ3n) is 6.41. The van der Waals surface area contributed by atoms with E-state index in [2.05, 4.69) is 53.3 Å². The zero-order valence-electron chi connectivity index (χ0n) is 19.4. The van der Waals surface area contributed by atoms with Crippen molar-refractivity contribution >= 4 is 28.6 Å². The highest BCUT2D eigenvalue weighted by Gasteiger charge is 2.22. The monoisotopic (exact) mass is 459 g/mol. The van der Waals surface area contributed by atoms with E-state index in [0.717, 1.165) is 64.8 Å². The molecule has 0 radical (unpaired) electrons. The number of imidazole rings is 1. The average Bonchev–Trinajstić information content (AvgIpc) is 3.52. The molecule has 170 valence electrons. The maximum absolute atomic E-state index is 13.3. The van der Waals surface area contributed by atoms with Crippen LogP contribution >= 0.6 is 11.8 Å². The van der Waals surface area contributed by atoms with Crippen molar-refractivity contribution < 1.29 is 9.53 Å². The fraction of sp³-hybridized carbons (Fsp3) is 0.333. The van der Waals surface area contributed by atoms with Crippen molar-refractivity contribution in [3.05, 3.63) is 77.1 Å². The molecule has 0 bridgehead atoms. The second kappa shape index (κ2) is 9.20. The molecule has 0 amide bonds. The summed E-state index contributed by atoms with van der Waals surface area (Å²) in [6.07, 6.45) is 2.46. The lowest BCUT2D eigenvalue weighted by atomic mass is 10.2. The first-order valence-corrected chi connectivity index (χ1v) is 12.5. The SMILES string of the molecule is Cc1cccc(-n2c(SCC(=O)c3cc(C)n(CC4CCCO4)c3C)nc3ccccc32)c1. The number of nitrogens with zero attached hydrogens (tertiary/aromatic N) is 3. The summed E-state index contributed by atoms with van der Waals surface area (Å²) in [6.45, 7) is 7.87. The first-order chi connectivity index (χ1) is 16.0. The normalized spacial score (nSPS) is 16.0. The number of benzene rings is 2. The summed E-state index contributed by atoms with van der Waals surface area (Å²) >= 11 is 1.50. The standard InChI is InChI=1S/C27H29N3O2S/c1-18-8-6-9-21(14-18)30-25-12-5-4-11-24(25)28-27(30)33-17-26(31)23-15-19(2)29(20(23)3)16-22-10-7-13-32-22/h4-6,8-9,11-12,14-15,22H,7,10,13,16-17H2,1-3H3. The number of ether oxygens (including phenoxy) is 1.